The van der Waals surface area contributed by atoms with Gasteiger partial charge in [-0.05, 0) is 50.2 Å². The largest absolute Gasteiger partial charge is 0.481 e. The molecule has 0 aromatic heterocycles. The summed E-state index contributed by atoms with van der Waals surface area (Å²) in [5.74, 6) is -2.23. The maximum Gasteiger partial charge on any atom is 0.340 e. The van der Waals surface area contributed by atoms with Crippen molar-refractivity contribution >= 4 is 11.9 Å². The maximum absolute atomic E-state index is 13.3. The van der Waals surface area contributed by atoms with Crippen LogP contribution in [0.4, 0.5) is 4.39 Å². The molecule has 1 aromatic rings. The molecule has 0 spiro atoms. The number of carboxylic acids is 1. The van der Waals surface area contributed by atoms with Crippen LogP contribution in [-0.4, -0.2) is 39.5 Å². The van der Waals surface area contributed by atoms with Crippen LogP contribution < -0.4 is 4.74 Å². The molecular formula is C22H33FO6. The average molecular weight is 412 g/mol. The number of hydrogen-bond acceptors (Lipinski definition) is 5. The molecule has 1 fully saturated rings. The number of aliphatic hydroxyl groups excluding tert-OH is 2. The molecule has 6 nitrogen and oxygen atoms in total. The van der Waals surface area contributed by atoms with Gasteiger partial charge in [0.25, 0.3) is 0 Å². The number of aliphatic carboxylic acids is 1. The number of carbonyl (C=O) groups excluding carboxylic acids is 1. The number of ether oxygens (including phenoxy) is 1. The maximum atomic E-state index is 13.3. The van der Waals surface area contributed by atoms with Crippen molar-refractivity contribution in [2.24, 2.45) is 5.92 Å². The lowest BCUT2D eigenvalue weighted by Crippen LogP contribution is -2.27. The molecule has 29 heavy (non-hydrogen) atoms. The second-order valence-electron chi connectivity index (χ2n) is 7.41. The third-order valence-electron chi connectivity index (χ3n) is 4.99. The summed E-state index contributed by atoms with van der Waals surface area (Å²) in [6, 6.07) is 5.56. The van der Waals surface area contributed by atoms with Crippen molar-refractivity contribution in [3.05, 3.63) is 30.1 Å². The molecule has 1 aliphatic carbocycles. The van der Waals surface area contributed by atoms with E-state index in [-0.39, 0.29) is 24.2 Å². The molecule has 164 valence electrons. The molecule has 0 heterocycles. The van der Waals surface area contributed by atoms with E-state index in [4.69, 9.17) is 9.84 Å². The smallest absolute Gasteiger partial charge is 0.340 e. The van der Waals surface area contributed by atoms with Gasteiger partial charge in [0, 0.05) is 6.42 Å². The number of halogens is 1. The molecule has 3 N–H and O–H groups in total. The number of aliphatic hydroxyl groups is 2. The van der Waals surface area contributed by atoms with E-state index in [1.165, 1.54) is 24.6 Å². The lowest BCUT2D eigenvalue weighted by atomic mass is 9.98. The number of hydrogen-bond donors (Lipinski definition) is 3. The van der Waals surface area contributed by atoms with Gasteiger partial charge in [-0.2, -0.15) is 0 Å². The van der Waals surface area contributed by atoms with E-state index in [9.17, 15) is 24.2 Å². The fraction of sp³-hybridized carbons (Fsp3) is 0.636. The topological polar surface area (TPSA) is 104 Å². The Labute approximate surface area is 171 Å². The third-order valence-corrected chi connectivity index (χ3v) is 4.99. The molecule has 1 aliphatic rings. The highest BCUT2D eigenvalue weighted by atomic mass is 19.1. The first-order valence-electron chi connectivity index (χ1n) is 10.4. The van der Waals surface area contributed by atoms with Gasteiger partial charge in [-0.15, -0.1) is 0 Å². The molecule has 3 atom stereocenters. The van der Waals surface area contributed by atoms with Crippen molar-refractivity contribution < 1.29 is 34.0 Å². The first kappa shape index (κ1) is 25.0. The number of para-hydroxylation sites is 1. The normalized spacial score (nSPS) is 19.2. The SMILES string of the molecule is CCCCCCC(=O)O.O=C(Oc1ccccc1F)C(O)CC[C@@H]1CCCC1O. The van der Waals surface area contributed by atoms with Gasteiger partial charge in [0.1, 0.15) is 0 Å². The van der Waals surface area contributed by atoms with E-state index in [0.29, 0.717) is 12.8 Å². The first-order chi connectivity index (χ1) is 13.8. The molecule has 0 amide bonds. The summed E-state index contributed by atoms with van der Waals surface area (Å²) in [6.07, 6.45) is 6.37. The standard InChI is InChI=1S/C15H19FO4.C7H14O2/c16-11-5-1-2-7-14(11)20-15(19)13(18)9-8-10-4-3-6-12(10)17;1-2-3-4-5-6-7(8)9/h1-2,5,7,10,12-13,17-18H,3-4,6,8-9H2;2-6H2,1H3,(H,8,9)/t10-,12?,13?;/m0./s1. The summed E-state index contributed by atoms with van der Waals surface area (Å²) >= 11 is 0. The summed E-state index contributed by atoms with van der Waals surface area (Å²) in [4.78, 5) is 21.6. The van der Waals surface area contributed by atoms with Crippen molar-refractivity contribution in [3.8, 4) is 5.75 Å². The number of benzene rings is 1. The van der Waals surface area contributed by atoms with Gasteiger partial charge in [0.15, 0.2) is 17.7 Å². The predicted octanol–water partition coefficient (Wildman–Crippen LogP) is 4.07. The fourth-order valence-electron chi connectivity index (χ4n) is 3.25. The summed E-state index contributed by atoms with van der Waals surface area (Å²) < 4.78 is 18.1. The van der Waals surface area contributed by atoms with E-state index in [1.807, 2.05) is 0 Å². The van der Waals surface area contributed by atoms with Crippen molar-refractivity contribution in [2.45, 2.75) is 83.3 Å². The van der Waals surface area contributed by atoms with Crippen molar-refractivity contribution in [1.82, 2.24) is 0 Å². The van der Waals surface area contributed by atoms with Crippen LogP contribution in [-0.2, 0) is 9.59 Å². The average Bonchev–Trinajstić information content (AvgIpc) is 3.10. The molecule has 2 unspecified atom stereocenters. The summed E-state index contributed by atoms with van der Waals surface area (Å²) in [7, 11) is 0. The minimum atomic E-state index is -1.29. The number of rotatable bonds is 10. The zero-order valence-corrected chi connectivity index (χ0v) is 17.1. The van der Waals surface area contributed by atoms with Crippen LogP contribution in [0.15, 0.2) is 24.3 Å². The minimum absolute atomic E-state index is 0.130. The Morgan fingerprint density at radius 2 is 1.93 bits per heavy atom. The quantitative estimate of drug-likeness (QED) is 0.304. The van der Waals surface area contributed by atoms with E-state index in [2.05, 4.69) is 6.92 Å². The summed E-state index contributed by atoms with van der Waals surface area (Å²) in [6.45, 7) is 2.11. The highest BCUT2D eigenvalue weighted by Gasteiger charge is 2.27. The van der Waals surface area contributed by atoms with Gasteiger partial charge < -0.3 is 20.1 Å². The second kappa shape index (κ2) is 14.1. The third kappa shape index (κ3) is 10.4. The molecule has 0 radical (unpaired) electrons. The molecule has 0 bridgehead atoms. The Morgan fingerprint density at radius 3 is 2.52 bits per heavy atom. The van der Waals surface area contributed by atoms with Crippen LogP contribution in [0.1, 0.15) is 71.1 Å². The van der Waals surface area contributed by atoms with Crippen LogP contribution in [0.3, 0.4) is 0 Å². The van der Waals surface area contributed by atoms with E-state index in [1.54, 1.807) is 6.07 Å². The van der Waals surface area contributed by atoms with Gasteiger partial charge >= 0.3 is 11.9 Å². The van der Waals surface area contributed by atoms with Gasteiger partial charge in [-0.25, -0.2) is 9.18 Å². The zero-order chi connectivity index (χ0) is 21.6. The zero-order valence-electron chi connectivity index (χ0n) is 17.1. The first-order valence-corrected chi connectivity index (χ1v) is 10.4. The van der Waals surface area contributed by atoms with E-state index >= 15 is 0 Å². The van der Waals surface area contributed by atoms with Crippen LogP contribution in [0.5, 0.6) is 5.75 Å². The van der Waals surface area contributed by atoms with Crippen LogP contribution >= 0.6 is 0 Å². The number of carboxylic acid groups (broad SMARTS) is 1. The lowest BCUT2D eigenvalue weighted by Gasteiger charge is -2.16. The number of unbranched alkanes of at least 4 members (excludes halogenated alkanes) is 3. The molecule has 2 rings (SSSR count). The summed E-state index contributed by atoms with van der Waals surface area (Å²) in [5.41, 5.74) is 0. The lowest BCUT2D eigenvalue weighted by molar-refractivity contribution is -0.144. The van der Waals surface area contributed by atoms with Crippen molar-refractivity contribution in [1.29, 1.82) is 0 Å². The van der Waals surface area contributed by atoms with Gasteiger partial charge in [-0.3, -0.25) is 4.79 Å². The van der Waals surface area contributed by atoms with Crippen LogP contribution in [0, 0.1) is 11.7 Å². The second-order valence-corrected chi connectivity index (χ2v) is 7.41. The molecular weight excluding hydrogens is 379 g/mol. The van der Waals surface area contributed by atoms with E-state index < -0.39 is 23.9 Å². The van der Waals surface area contributed by atoms with Crippen molar-refractivity contribution in [2.75, 3.05) is 0 Å². The van der Waals surface area contributed by atoms with Gasteiger partial charge in [0.05, 0.1) is 6.10 Å². The number of carbonyl (C=O) groups is 2. The Balaban J connectivity index is 0.000000396. The molecule has 0 saturated heterocycles. The highest BCUT2D eigenvalue weighted by molar-refractivity contribution is 5.76. The number of esters is 1. The highest BCUT2D eigenvalue weighted by Crippen LogP contribution is 2.29. The minimum Gasteiger partial charge on any atom is -0.481 e. The van der Waals surface area contributed by atoms with Gasteiger partial charge in [0.2, 0.25) is 0 Å². The van der Waals surface area contributed by atoms with Crippen LogP contribution in [0.25, 0.3) is 0 Å². The predicted molar refractivity (Wildman–Crippen MR) is 107 cm³/mol. The van der Waals surface area contributed by atoms with E-state index in [0.717, 1.165) is 38.5 Å². The fourth-order valence-corrected chi connectivity index (χ4v) is 3.25. The van der Waals surface area contributed by atoms with Crippen molar-refractivity contribution in [3.63, 3.8) is 0 Å². The van der Waals surface area contributed by atoms with Gasteiger partial charge in [-0.1, -0.05) is 44.7 Å². The molecule has 0 aliphatic heterocycles. The molecule has 1 aromatic carbocycles. The molecule has 7 heteroatoms. The Hall–Kier alpha value is -1.99. The molecule has 1 saturated carbocycles. The van der Waals surface area contributed by atoms with Crippen LogP contribution in [0.2, 0.25) is 0 Å². The Morgan fingerprint density at radius 1 is 1.21 bits per heavy atom. The monoisotopic (exact) mass is 412 g/mol. The summed E-state index contributed by atoms with van der Waals surface area (Å²) in [5, 5.41) is 27.6. The Kier molecular flexibility index (Phi) is 12.1. The Bertz CT molecular complexity index is 621.